The molecule has 0 aliphatic carbocycles. The summed E-state index contributed by atoms with van der Waals surface area (Å²) >= 11 is 0. The summed E-state index contributed by atoms with van der Waals surface area (Å²) in [6, 6.07) is 9.26. The lowest BCUT2D eigenvalue weighted by Gasteiger charge is -2.29. The average molecular weight is 316 g/mol. The molecule has 1 heterocycles. The maximum atomic E-state index is 8.60. The van der Waals surface area contributed by atoms with E-state index in [1.165, 1.54) is 30.4 Å². The number of guanidine groups is 1. The Morgan fingerprint density at radius 3 is 2.70 bits per heavy atom. The van der Waals surface area contributed by atoms with Crippen LogP contribution in [-0.2, 0) is 6.42 Å². The minimum Gasteiger partial charge on any atom is -0.341 e. The average Bonchev–Trinajstić information content (AvgIpc) is 2.86. The summed E-state index contributed by atoms with van der Waals surface area (Å²) in [6.45, 7) is 12.0. The fraction of sp³-hybridized carbons (Fsp3) is 0.650. The highest BCUT2D eigenvalue weighted by Crippen LogP contribution is 2.24. The van der Waals surface area contributed by atoms with Gasteiger partial charge in [0.05, 0.1) is 6.04 Å². The predicted octanol–water partition coefficient (Wildman–Crippen LogP) is 4.30. The van der Waals surface area contributed by atoms with E-state index in [1.807, 2.05) is 0 Å². The van der Waals surface area contributed by atoms with Crippen LogP contribution in [0.2, 0.25) is 0 Å². The number of nitrogens with zero attached hydrogens (tertiary/aromatic N) is 2. The van der Waals surface area contributed by atoms with Gasteiger partial charge in [0.1, 0.15) is 0 Å². The smallest absolute Gasteiger partial charge is 0.194 e. The first kappa shape index (κ1) is 17.8. The van der Waals surface area contributed by atoms with Crippen LogP contribution in [0.4, 0.5) is 0 Å². The van der Waals surface area contributed by atoms with E-state index in [0.717, 1.165) is 32.0 Å². The number of aryl methyl sites for hydroxylation is 1. The van der Waals surface area contributed by atoms with Gasteiger partial charge in [0.2, 0.25) is 0 Å². The maximum Gasteiger partial charge on any atom is 0.194 e. The third-order valence-corrected chi connectivity index (χ3v) is 5.19. The standard InChI is InChI=1S/C20H33N3/c1-5-7-12-22-15-19(17(4)6-2)23(20(22)21)13-11-18-10-8-9-16(3)14-18/h8-10,14,17,19,21H,5-7,11-13,15H2,1-4H3/t17?,19-/m1/s1. The van der Waals surface area contributed by atoms with Crippen LogP contribution in [0.15, 0.2) is 24.3 Å². The molecule has 0 spiro atoms. The topological polar surface area (TPSA) is 30.3 Å². The summed E-state index contributed by atoms with van der Waals surface area (Å²) in [6.07, 6.45) is 4.58. The fourth-order valence-electron chi connectivity index (χ4n) is 3.44. The van der Waals surface area contributed by atoms with Crippen LogP contribution >= 0.6 is 0 Å². The molecule has 0 amide bonds. The Morgan fingerprint density at radius 2 is 2.04 bits per heavy atom. The maximum absolute atomic E-state index is 8.60. The van der Waals surface area contributed by atoms with E-state index in [-0.39, 0.29) is 0 Å². The third-order valence-electron chi connectivity index (χ3n) is 5.19. The second-order valence-corrected chi connectivity index (χ2v) is 7.01. The van der Waals surface area contributed by atoms with E-state index in [1.54, 1.807) is 0 Å². The first-order chi connectivity index (χ1) is 11.1. The van der Waals surface area contributed by atoms with Crippen molar-refractivity contribution in [3.63, 3.8) is 0 Å². The molecular formula is C20H33N3. The molecule has 1 aliphatic rings. The van der Waals surface area contributed by atoms with Crippen LogP contribution in [0, 0.1) is 18.3 Å². The van der Waals surface area contributed by atoms with Gasteiger partial charge >= 0.3 is 0 Å². The van der Waals surface area contributed by atoms with Crippen molar-refractivity contribution in [2.24, 2.45) is 5.92 Å². The molecular weight excluding hydrogens is 282 g/mol. The van der Waals surface area contributed by atoms with Crippen LogP contribution in [0.3, 0.4) is 0 Å². The van der Waals surface area contributed by atoms with Gasteiger partial charge in [-0.15, -0.1) is 0 Å². The van der Waals surface area contributed by atoms with Crippen molar-refractivity contribution in [1.82, 2.24) is 9.80 Å². The molecule has 1 aliphatic heterocycles. The lowest BCUT2D eigenvalue weighted by molar-refractivity contribution is 0.256. The lowest BCUT2D eigenvalue weighted by atomic mass is 9.98. The van der Waals surface area contributed by atoms with Gasteiger partial charge in [-0.3, -0.25) is 5.41 Å². The predicted molar refractivity (Wildman–Crippen MR) is 99.0 cm³/mol. The Hall–Kier alpha value is -1.51. The molecule has 0 aromatic heterocycles. The summed E-state index contributed by atoms with van der Waals surface area (Å²) < 4.78 is 0. The van der Waals surface area contributed by atoms with Gasteiger partial charge in [-0.05, 0) is 31.2 Å². The van der Waals surface area contributed by atoms with E-state index in [2.05, 4.69) is 61.8 Å². The van der Waals surface area contributed by atoms with Crippen LogP contribution in [0.5, 0.6) is 0 Å². The summed E-state index contributed by atoms with van der Waals surface area (Å²) in [5.41, 5.74) is 2.70. The number of unbranched alkanes of at least 4 members (excludes halogenated alkanes) is 1. The van der Waals surface area contributed by atoms with E-state index in [0.29, 0.717) is 12.0 Å². The second kappa shape index (κ2) is 8.37. The van der Waals surface area contributed by atoms with Crippen molar-refractivity contribution in [1.29, 1.82) is 5.41 Å². The first-order valence-electron chi connectivity index (χ1n) is 9.22. The minimum absolute atomic E-state index is 0.495. The van der Waals surface area contributed by atoms with Crippen molar-refractivity contribution in [3.05, 3.63) is 35.4 Å². The molecule has 23 heavy (non-hydrogen) atoms. The number of benzene rings is 1. The zero-order valence-corrected chi connectivity index (χ0v) is 15.3. The van der Waals surface area contributed by atoms with E-state index in [9.17, 15) is 0 Å². The zero-order valence-electron chi connectivity index (χ0n) is 15.3. The van der Waals surface area contributed by atoms with Crippen LogP contribution in [0.25, 0.3) is 0 Å². The van der Waals surface area contributed by atoms with Gasteiger partial charge in [-0.1, -0.05) is 63.4 Å². The van der Waals surface area contributed by atoms with E-state index >= 15 is 0 Å². The third kappa shape index (κ3) is 4.49. The molecule has 1 aromatic carbocycles. The number of hydrogen-bond acceptors (Lipinski definition) is 1. The molecule has 3 nitrogen and oxygen atoms in total. The molecule has 1 aromatic rings. The van der Waals surface area contributed by atoms with Crippen LogP contribution in [0.1, 0.15) is 51.2 Å². The van der Waals surface area contributed by atoms with Crippen LogP contribution < -0.4 is 0 Å². The van der Waals surface area contributed by atoms with E-state index < -0.39 is 0 Å². The summed E-state index contributed by atoms with van der Waals surface area (Å²) in [5.74, 6) is 1.39. The van der Waals surface area contributed by atoms with Crippen molar-refractivity contribution in [3.8, 4) is 0 Å². The van der Waals surface area contributed by atoms with Gasteiger partial charge in [0, 0.05) is 19.6 Å². The number of hydrogen-bond donors (Lipinski definition) is 1. The largest absolute Gasteiger partial charge is 0.341 e. The number of nitrogens with one attached hydrogen (secondary N) is 1. The SMILES string of the molecule is CCCCN1C[C@H](C(C)CC)N(CCc2cccc(C)c2)C1=N. The molecule has 128 valence electrons. The number of rotatable bonds is 8. The molecule has 1 fully saturated rings. The van der Waals surface area contributed by atoms with Gasteiger partial charge < -0.3 is 9.80 Å². The van der Waals surface area contributed by atoms with E-state index in [4.69, 9.17) is 5.41 Å². The van der Waals surface area contributed by atoms with Crippen molar-refractivity contribution < 1.29 is 0 Å². The molecule has 0 bridgehead atoms. The fourth-order valence-corrected chi connectivity index (χ4v) is 3.44. The molecule has 3 heteroatoms. The molecule has 2 rings (SSSR count). The molecule has 1 N–H and O–H groups in total. The first-order valence-corrected chi connectivity index (χ1v) is 9.22. The Balaban J connectivity index is 2.04. The van der Waals surface area contributed by atoms with Crippen molar-refractivity contribution in [2.45, 2.75) is 59.4 Å². The highest BCUT2D eigenvalue weighted by Gasteiger charge is 2.36. The normalized spacial score (nSPS) is 19.5. The Kier molecular flexibility index (Phi) is 6.49. The van der Waals surface area contributed by atoms with Gasteiger partial charge in [-0.2, -0.15) is 0 Å². The monoisotopic (exact) mass is 315 g/mol. The van der Waals surface area contributed by atoms with Crippen molar-refractivity contribution >= 4 is 5.96 Å². The Bertz CT molecular complexity index is 511. The molecule has 0 radical (unpaired) electrons. The summed E-state index contributed by atoms with van der Waals surface area (Å²) in [7, 11) is 0. The summed E-state index contributed by atoms with van der Waals surface area (Å²) in [5, 5.41) is 8.60. The van der Waals surface area contributed by atoms with Gasteiger partial charge in [-0.25, -0.2) is 0 Å². The molecule has 1 saturated heterocycles. The molecule has 2 atom stereocenters. The zero-order chi connectivity index (χ0) is 16.8. The molecule has 1 unspecified atom stereocenters. The Morgan fingerprint density at radius 1 is 1.26 bits per heavy atom. The summed E-state index contributed by atoms with van der Waals surface area (Å²) in [4.78, 5) is 4.64. The lowest BCUT2D eigenvalue weighted by Crippen LogP contribution is -2.40. The second-order valence-electron chi connectivity index (χ2n) is 7.01. The van der Waals surface area contributed by atoms with Gasteiger partial charge in [0.25, 0.3) is 0 Å². The highest BCUT2D eigenvalue weighted by molar-refractivity contribution is 5.79. The highest BCUT2D eigenvalue weighted by atomic mass is 15.4. The van der Waals surface area contributed by atoms with Gasteiger partial charge in [0.15, 0.2) is 5.96 Å². The molecule has 0 saturated carbocycles. The van der Waals surface area contributed by atoms with Crippen molar-refractivity contribution in [2.75, 3.05) is 19.6 Å². The Labute approximate surface area is 142 Å². The van der Waals surface area contributed by atoms with Crippen LogP contribution in [-0.4, -0.2) is 41.4 Å². The minimum atomic E-state index is 0.495. The quantitative estimate of drug-likeness (QED) is 0.775.